The first kappa shape index (κ1) is 12.1. The number of nitrogens with one attached hydrogen (secondary N) is 1. The Morgan fingerprint density at radius 1 is 1.44 bits per heavy atom. The van der Waals surface area contributed by atoms with Gasteiger partial charge in [-0.15, -0.1) is 17.8 Å². The molecular weight excluding hydrogens is 246 g/mol. The highest BCUT2D eigenvalue weighted by molar-refractivity contribution is 7.10. The molecule has 0 aliphatic carbocycles. The summed E-state index contributed by atoms with van der Waals surface area (Å²) in [5, 5.41) is 4.92. The Kier molecular flexibility index (Phi) is 3.60. The molecular formula is C13H11N3OS. The second kappa shape index (κ2) is 5.34. The SMILES string of the molecule is C#Cc1nc(C(=O)NCc2ccc(N)cc2)cs1. The summed E-state index contributed by atoms with van der Waals surface area (Å²) in [6.45, 7) is 0.433. The number of terminal acetylenes is 1. The highest BCUT2D eigenvalue weighted by Gasteiger charge is 2.09. The van der Waals surface area contributed by atoms with Gasteiger partial charge in [0.1, 0.15) is 5.69 Å². The normalized spacial score (nSPS) is 9.72. The van der Waals surface area contributed by atoms with E-state index in [0.29, 0.717) is 22.9 Å². The summed E-state index contributed by atoms with van der Waals surface area (Å²) in [6, 6.07) is 7.31. The maximum Gasteiger partial charge on any atom is 0.271 e. The predicted molar refractivity (Wildman–Crippen MR) is 72.1 cm³/mol. The molecule has 0 aliphatic rings. The minimum absolute atomic E-state index is 0.232. The van der Waals surface area contributed by atoms with Crippen molar-refractivity contribution >= 4 is 22.9 Å². The Morgan fingerprint density at radius 3 is 2.78 bits per heavy atom. The maximum absolute atomic E-state index is 11.8. The van der Waals surface area contributed by atoms with Crippen LogP contribution in [0.25, 0.3) is 0 Å². The summed E-state index contributed by atoms with van der Waals surface area (Å²) in [6.07, 6.45) is 5.20. The van der Waals surface area contributed by atoms with Gasteiger partial charge in [0, 0.05) is 17.6 Å². The summed E-state index contributed by atoms with van der Waals surface area (Å²) < 4.78 is 0. The van der Waals surface area contributed by atoms with Gasteiger partial charge in [0.2, 0.25) is 0 Å². The quantitative estimate of drug-likeness (QED) is 0.648. The van der Waals surface area contributed by atoms with Crippen LogP contribution in [0.2, 0.25) is 0 Å². The van der Waals surface area contributed by atoms with Crippen LogP contribution in [0.5, 0.6) is 0 Å². The van der Waals surface area contributed by atoms with Gasteiger partial charge in [-0.25, -0.2) is 4.98 Å². The highest BCUT2D eigenvalue weighted by Crippen LogP contribution is 2.09. The number of hydrogen-bond acceptors (Lipinski definition) is 4. The lowest BCUT2D eigenvalue weighted by Gasteiger charge is -2.03. The Labute approximate surface area is 109 Å². The predicted octanol–water partition coefficient (Wildman–Crippen LogP) is 1.64. The van der Waals surface area contributed by atoms with Crippen molar-refractivity contribution in [3.63, 3.8) is 0 Å². The van der Waals surface area contributed by atoms with Gasteiger partial charge in [-0.2, -0.15) is 0 Å². The van der Waals surface area contributed by atoms with Crippen LogP contribution in [0.4, 0.5) is 5.69 Å². The smallest absolute Gasteiger partial charge is 0.271 e. The molecule has 2 aromatic rings. The van der Waals surface area contributed by atoms with E-state index in [0.717, 1.165) is 5.56 Å². The molecule has 4 nitrogen and oxygen atoms in total. The first-order chi connectivity index (χ1) is 8.69. The van der Waals surface area contributed by atoms with Gasteiger partial charge in [0.25, 0.3) is 5.91 Å². The molecule has 2 rings (SSSR count). The number of benzene rings is 1. The van der Waals surface area contributed by atoms with Crippen molar-refractivity contribution in [3.05, 3.63) is 45.9 Å². The van der Waals surface area contributed by atoms with Gasteiger partial charge in [-0.3, -0.25) is 4.79 Å². The molecule has 5 heteroatoms. The summed E-state index contributed by atoms with van der Waals surface area (Å²) in [5.41, 5.74) is 7.60. The first-order valence-electron chi connectivity index (χ1n) is 5.24. The van der Waals surface area contributed by atoms with Crippen molar-refractivity contribution in [1.29, 1.82) is 0 Å². The Hall–Kier alpha value is -2.32. The third-order valence-electron chi connectivity index (χ3n) is 2.29. The molecule has 1 aromatic carbocycles. The number of anilines is 1. The van der Waals surface area contributed by atoms with E-state index in [4.69, 9.17) is 12.2 Å². The molecule has 0 fully saturated rings. The van der Waals surface area contributed by atoms with Crippen LogP contribution in [0.1, 0.15) is 21.1 Å². The number of nitrogens with zero attached hydrogens (tertiary/aromatic N) is 1. The minimum Gasteiger partial charge on any atom is -0.399 e. The molecule has 1 amide bonds. The Balaban J connectivity index is 1.96. The third kappa shape index (κ3) is 2.87. The van der Waals surface area contributed by atoms with Gasteiger partial charge in [0.15, 0.2) is 5.01 Å². The zero-order valence-electron chi connectivity index (χ0n) is 9.51. The lowest BCUT2D eigenvalue weighted by molar-refractivity contribution is 0.0946. The molecule has 1 heterocycles. The summed E-state index contributed by atoms with van der Waals surface area (Å²) in [5.74, 6) is 2.16. The lowest BCUT2D eigenvalue weighted by atomic mass is 10.2. The van der Waals surface area contributed by atoms with E-state index in [9.17, 15) is 4.79 Å². The van der Waals surface area contributed by atoms with Crippen LogP contribution < -0.4 is 11.1 Å². The molecule has 0 saturated carbocycles. The molecule has 0 aliphatic heterocycles. The second-order valence-electron chi connectivity index (χ2n) is 3.61. The fourth-order valence-electron chi connectivity index (χ4n) is 1.35. The summed E-state index contributed by atoms with van der Waals surface area (Å²) >= 11 is 1.28. The number of nitrogens with two attached hydrogens (primary N) is 1. The number of hydrogen-bond donors (Lipinski definition) is 2. The molecule has 0 bridgehead atoms. The molecule has 0 atom stereocenters. The monoisotopic (exact) mass is 257 g/mol. The largest absolute Gasteiger partial charge is 0.399 e. The van der Waals surface area contributed by atoms with Gasteiger partial charge >= 0.3 is 0 Å². The van der Waals surface area contributed by atoms with Crippen molar-refractivity contribution in [1.82, 2.24) is 10.3 Å². The van der Waals surface area contributed by atoms with E-state index >= 15 is 0 Å². The third-order valence-corrected chi connectivity index (χ3v) is 3.07. The first-order valence-corrected chi connectivity index (χ1v) is 6.12. The molecule has 0 saturated heterocycles. The molecule has 1 aromatic heterocycles. The molecule has 0 radical (unpaired) electrons. The van der Waals surface area contributed by atoms with E-state index in [-0.39, 0.29) is 5.91 Å². The number of rotatable bonds is 3. The van der Waals surface area contributed by atoms with Gasteiger partial charge in [-0.05, 0) is 23.6 Å². The van der Waals surface area contributed by atoms with Gasteiger partial charge in [0.05, 0.1) is 0 Å². The van der Waals surface area contributed by atoms with Gasteiger partial charge < -0.3 is 11.1 Å². The van der Waals surface area contributed by atoms with E-state index in [2.05, 4.69) is 16.2 Å². The maximum atomic E-state index is 11.8. The number of nitrogen functional groups attached to an aromatic ring is 1. The van der Waals surface area contributed by atoms with Crippen LogP contribution in [-0.4, -0.2) is 10.9 Å². The molecule has 3 N–H and O–H groups in total. The number of carbonyl (C=O) groups is 1. The molecule has 90 valence electrons. The van der Waals surface area contributed by atoms with Crippen molar-refractivity contribution in [2.75, 3.05) is 5.73 Å². The topological polar surface area (TPSA) is 68.0 Å². The van der Waals surface area contributed by atoms with E-state index in [1.165, 1.54) is 11.3 Å². The zero-order valence-corrected chi connectivity index (χ0v) is 10.3. The van der Waals surface area contributed by atoms with E-state index in [1.54, 1.807) is 17.5 Å². The molecule has 0 spiro atoms. The average Bonchev–Trinajstić information content (AvgIpc) is 2.86. The lowest BCUT2D eigenvalue weighted by Crippen LogP contribution is -2.23. The number of aromatic nitrogens is 1. The van der Waals surface area contributed by atoms with E-state index in [1.807, 2.05) is 12.1 Å². The molecule has 18 heavy (non-hydrogen) atoms. The highest BCUT2D eigenvalue weighted by atomic mass is 32.1. The fourth-order valence-corrected chi connectivity index (χ4v) is 1.95. The number of amides is 1. The second-order valence-corrected chi connectivity index (χ2v) is 4.46. The Bertz CT molecular complexity index is 595. The Morgan fingerprint density at radius 2 is 2.17 bits per heavy atom. The van der Waals surface area contributed by atoms with Gasteiger partial charge in [-0.1, -0.05) is 12.1 Å². The van der Waals surface area contributed by atoms with Crippen LogP contribution in [-0.2, 0) is 6.54 Å². The van der Waals surface area contributed by atoms with Crippen LogP contribution in [0.3, 0.4) is 0 Å². The van der Waals surface area contributed by atoms with Crippen molar-refractivity contribution in [2.24, 2.45) is 0 Å². The van der Waals surface area contributed by atoms with E-state index < -0.39 is 0 Å². The minimum atomic E-state index is -0.232. The van der Waals surface area contributed by atoms with Crippen LogP contribution in [0.15, 0.2) is 29.6 Å². The standard InChI is InChI=1S/C13H11N3OS/c1-2-12-16-11(8-18-12)13(17)15-7-9-3-5-10(14)6-4-9/h1,3-6,8H,7,14H2,(H,15,17). The van der Waals surface area contributed by atoms with Crippen molar-refractivity contribution in [2.45, 2.75) is 6.54 Å². The zero-order chi connectivity index (χ0) is 13.0. The average molecular weight is 257 g/mol. The summed E-state index contributed by atoms with van der Waals surface area (Å²) in [4.78, 5) is 15.8. The van der Waals surface area contributed by atoms with Crippen LogP contribution in [0, 0.1) is 12.3 Å². The fraction of sp³-hybridized carbons (Fsp3) is 0.0769. The van der Waals surface area contributed by atoms with Crippen LogP contribution >= 0.6 is 11.3 Å². The van der Waals surface area contributed by atoms with Crippen molar-refractivity contribution < 1.29 is 4.79 Å². The summed E-state index contributed by atoms with van der Waals surface area (Å²) in [7, 11) is 0. The number of carbonyl (C=O) groups excluding carboxylic acids is 1. The molecule has 0 unspecified atom stereocenters. The van der Waals surface area contributed by atoms with Crippen molar-refractivity contribution in [3.8, 4) is 12.3 Å². The number of thiazole rings is 1.